The molecule has 0 radical (unpaired) electrons. The first-order valence-electron chi connectivity index (χ1n) is 9.22. The van der Waals surface area contributed by atoms with Crippen LogP contribution >= 0.6 is 11.6 Å². The van der Waals surface area contributed by atoms with Gasteiger partial charge in [0.15, 0.2) is 0 Å². The minimum Gasteiger partial charge on any atom is -0.326 e. The molecule has 3 rings (SSSR count). The number of aryl methyl sites for hydroxylation is 1. The van der Waals surface area contributed by atoms with E-state index >= 15 is 0 Å². The zero-order valence-corrected chi connectivity index (χ0v) is 18.3. The molecule has 0 aliphatic carbocycles. The van der Waals surface area contributed by atoms with Crippen molar-refractivity contribution in [2.45, 2.75) is 18.7 Å². The second-order valence-corrected chi connectivity index (χ2v) is 8.89. The fraction of sp³-hybridized carbons (Fsp3) is 0.0909. The van der Waals surface area contributed by atoms with Crippen LogP contribution in [0.3, 0.4) is 0 Å². The Labute approximate surface area is 185 Å². The molecule has 0 spiro atoms. The van der Waals surface area contributed by atoms with Gasteiger partial charge in [0.2, 0.25) is 5.91 Å². The average molecular weight is 458 g/mol. The van der Waals surface area contributed by atoms with E-state index in [1.807, 2.05) is 6.92 Å². The second-order valence-electron chi connectivity index (χ2n) is 6.83. The Morgan fingerprint density at radius 3 is 1.94 bits per heavy atom. The topological polar surface area (TPSA) is 104 Å². The van der Waals surface area contributed by atoms with Crippen LogP contribution in [0.4, 0.5) is 17.1 Å². The maximum atomic E-state index is 12.8. The highest BCUT2D eigenvalue weighted by Gasteiger charge is 2.20. The normalized spacial score (nSPS) is 10.9. The molecule has 0 aromatic heterocycles. The van der Waals surface area contributed by atoms with Gasteiger partial charge in [0.05, 0.1) is 5.02 Å². The standard InChI is InChI=1S/C22H20ClN3O4S/c1-14-3-6-19(7-4-14)26-31(29,30)21-13-16(5-12-20(21)23)22(28)25-18-10-8-17(9-11-18)24-15(2)27/h3-13,26H,1-2H3,(H,24,27)(H,25,28). The van der Waals surface area contributed by atoms with Gasteiger partial charge >= 0.3 is 0 Å². The van der Waals surface area contributed by atoms with Crippen LogP contribution in [0.1, 0.15) is 22.8 Å². The summed E-state index contributed by atoms with van der Waals surface area (Å²) in [5, 5.41) is 5.31. The Bertz CT molecular complexity index is 1220. The van der Waals surface area contributed by atoms with Gasteiger partial charge in [0.25, 0.3) is 15.9 Å². The molecule has 0 unspecified atom stereocenters. The summed E-state index contributed by atoms with van der Waals surface area (Å²) >= 11 is 6.11. The smallest absolute Gasteiger partial charge is 0.263 e. The molecular weight excluding hydrogens is 438 g/mol. The average Bonchev–Trinajstić information content (AvgIpc) is 2.71. The van der Waals surface area contributed by atoms with Crippen molar-refractivity contribution in [3.05, 3.63) is 82.9 Å². The van der Waals surface area contributed by atoms with Crippen LogP contribution < -0.4 is 15.4 Å². The molecule has 3 aromatic carbocycles. The quantitative estimate of drug-likeness (QED) is 0.500. The Morgan fingerprint density at radius 1 is 0.806 bits per heavy atom. The lowest BCUT2D eigenvalue weighted by Crippen LogP contribution is -2.16. The van der Waals surface area contributed by atoms with Gasteiger partial charge in [-0.2, -0.15) is 0 Å². The molecule has 9 heteroatoms. The van der Waals surface area contributed by atoms with Gasteiger partial charge in [-0.15, -0.1) is 0 Å². The number of rotatable bonds is 6. The summed E-state index contributed by atoms with van der Waals surface area (Å²) in [7, 11) is -4.01. The van der Waals surface area contributed by atoms with Gasteiger partial charge < -0.3 is 10.6 Å². The van der Waals surface area contributed by atoms with Crippen LogP contribution in [0.5, 0.6) is 0 Å². The van der Waals surface area contributed by atoms with Crippen molar-refractivity contribution in [1.82, 2.24) is 0 Å². The lowest BCUT2D eigenvalue weighted by Gasteiger charge is -2.12. The first kappa shape index (κ1) is 22.3. The second kappa shape index (κ2) is 9.20. The molecule has 160 valence electrons. The predicted molar refractivity (Wildman–Crippen MR) is 122 cm³/mol. The third-order valence-electron chi connectivity index (χ3n) is 4.25. The molecule has 3 aromatic rings. The van der Waals surface area contributed by atoms with Crippen molar-refractivity contribution in [2.75, 3.05) is 15.4 Å². The first-order chi connectivity index (χ1) is 14.6. The molecule has 0 aliphatic rings. The van der Waals surface area contributed by atoms with Crippen LogP contribution in [0.25, 0.3) is 0 Å². The van der Waals surface area contributed by atoms with E-state index in [4.69, 9.17) is 11.6 Å². The highest BCUT2D eigenvalue weighted by atomic mass is 35.5. The summed E-state index contributed by atoms with van der Waals surface area (Å²) in [6.45, 7) is 3.29. The number of carbonyl (C=O) groups is 2. The monoisotopic (exact) mass is 457 g/mol. The lowest BCUT2D eigenvalue weighted by atomic mass is 10.2. The third kappa shape index (κ3) is 5.84. The van der Waals surface area contributed by atoms with E-state index in [1.165, 1.54) is 25.1 Å². The zero-order chi connectivity index (χ0) is 22.6. The molecule has 0 bridgehead atoms. The number of hydrogen-bond acceptors (Lipinski definition) is 4. The number of benzene rings is 3. The maximum Gasteiger partial charge on any atom is 0.263 e. The molecule has 31 heavy (non-hydrogen) atoms. The van der Waals surface area contributed by atoms with E-state index in [2.05, 4.69) is 15.4 Å². The SMILES string of the molecule is CC(=O)Nc1ccc(NC(=O)c2ccc(Cl)c(S(=O)(=O)Nc3ccc(C)cc3)c2)cc1. The molecule has 0 fully saturated rings. The summed E-state index contributed by atoms with van der Waals surface area (Å²) < 4.78 is 28.1. The minimum atomic E-state index is -4.01. The van der Waals surface area contributed by atoms with Crippen molar-refractivity contribution in [3.8, 4) is 0 Å². The van der Waals surface area contributed by atoms with E-state index in [0.29, 0.717) is 17.1 Å². The number of nitrogens with one attached hydrogen (secondary N) is 3. The molecule has 0 saturated heterocycles. The van der Waals surface area contributed by atoms with E-state index < -0.39 is 15.9 Å². The number of sulfonamides is 1. The van der Waals surface area contributed by atoms with Crippen LogP contribution in [-0.4, -0.2) is 20.2 Å². The summed E-state index contributed by atoms with van der Waals surface area (Å²) in [6, 6.07) is 17.4. The first-order valence-corrected chi connectivity index (χ1v) is 11.1. The summed E-state index contributed by atoms with van der Waals surface area (Å²) in [6.07, 6.45) is 0. The molecule has 2 amide bonds. The Balaban J connectivity index is 1.80. The Morgan fingerprint density at radius 2 is 1.35 bits per heavy atom. The summed E-state index contributed by atoms with van der Waals surface area (Å²) in [5.41, 5.74) is 2.57. The highest BCUT2D eigenvalue weighted by Crippen LogP contribution is 2.26. The van der Waals surface area contributed by atoms with Crippen molar-refractivity contribution in [1.29, 1.82) is 0 Å². The van der Waals surface area contributed by atoms with E-state index in [-0.39, 0.29) is 21.4 Å². The molecule has 0 aliphatic heterocycles. The molecule has 0 heterocycles. The van der Waals surface area contributed by atoms with Crippen LogP contribution in [0.2, 0.25) is 5.02 Å². The van der Waals surface area contributed by atoms with E-state index in [9.17, 15) is 18.0 Å². The van der Waals surface area contributed by atoms with Crippen LogP contribution in [0, 0.1) is 6.92 Å². The number of amides is 2. The molecule has 0 atom stereocenters. The maximum absolute atomic E-state index is 12.8. The van der Waals surface area contributed by atoms with E-state index in [1.54, 1.807) is 48.5 Å². The third-order valence-corrected chi connectivity index (χ3v) is 6.11. The van der Waals surface area contributed by atoms with E-state index in [0.717, 1.165) is 5.56 Å². The Hall–Kier alpha value is -3.36. The fourth-order valence-corrected chi connectivity index (χ4v) is 4.31. The fourth-order valence-electron chi connectivity index (χ4n) is 2.73. The van der Waals surface area contributed by atoms with Crippen molar-refractivity contribution in [3.63, 3.8) is 0 Å². The number of anilines is 3. The summed E-state index contributed by atoms with van der Waals surface area (Å²) in [4.78, 5) is 23.5. The number of hydrogen-bond donors (Lipinski definition) is 3. The van der Waals surface area contributed by atoms with Gasteiger partial charge in [-0.05, 0) is 61.5 Å². The van der Waals surface area contributed by atoms with Gasteiger partial charge in [-0.25, -0.2) is 8.42 Å². The number of halogens is 1. The van der Waals surface area contributed by atoms with Crippen LogP contribution in [0.15, 0.2) is 71.6 Å². The largest absolute Gasteiger partial charge is 0.326 e. The zero-order valence-electron chi connectivity index (χ0n) is 16.8. The lowest BCUT2D eigenvalue weighted by molar-refractivity contribution is -0.114. The molecule has 7 nitrogen and oxygen atoms in total. The minimum absolute atomic E-state index is 0.00387. The highest BCUT2D eigenvalue weighted by molar-refractivity contribution is 7.92. The predicted octanol–water partition coefficient (Wildman–Crippen LogP) is 4.66. The van der Waals surface area contributed by atoms with Gasteiger partial charge in [0.1, 0.15) is 4.90 Å². The Kier molecular flexibility index (Phi) is 6.62. The molecule has 3 N–H and O–H groups in total. The van der Waals surface area contributed by atoms with Gasteiger partial charge in [-0.1, -0.05) is 29.3 Å². The molecular formula is C22H20ClN3O4S. The van der Waals surface area contributed by atoms with Crippen molar-refractivity contribution < 1.29 is 18.0 Å². The number of carbonyl (C=O) groups excluding carboxylic acids is 2. The summed E-state index contributed by atoms with van der Waals surface area (Å²) in [5.74, 6) is -0.707. The van der Waals surface area contributed by atoms with Gasteiger partial charge in [-0.3, -0.25) is 14.3 Å². The van der Waals surface area contributed by atoms with Crippen LogP contribution in [-0.2, 0) is 14.8 Å². The van der Waals surface area contributed by atoms with Crippen molar-refractivity contribution in [2.24, 2.45) is 0 Å². The van der Waals surface area contributed by atoms with Gasteiger partial charge in [0, 0.05) is 29.5 Å². The van der Waals surface area contributed by atoms with Crippen molar-refractivity contribution >= 4 is 50.5 Å². The molecule has 0 saturated carbocycles.